The van der Waals surface area contributed by atoms with Crippen molar-refractivity contribution in [2.24, 2.45) is 5.92 Å². The van der Waals surface area contributed by atoms with Crippen LogP contribution in [0, 0.1) is 5.92 Å². The maximum atomic E-state index is 6.35. The molecule has 1 saturated heterocycles. The molecule has 6 rings (SSSR count). The maximum absolute atomic E-state index is 6.35. The lowest BCUT2D eigenvalue weighted by Gasteiger charge is -2.37. The summed E-state index contributed by atoms with van der Waals surface area (Å²) >= 11 is 0. The summed E-state index contributed by atoms with van der Waals surface area (Å²) in [5.41, 5.74) is 5.48. The van der Waals surface area contributed by atoms with Crippen molar-refractivity contribution in [3.8, 4) is 0 Å². The lowest BCUT2D eigenvalue weighted by Crippen LogP contribution is -2.41. The number of rotatable bonds is 1. The molecule has 3 heterocycles. The van der Waals surface area contributed by atoms with Gasteiger partial charge in [0.25, 0.3) is 0 Å². The number of nitrogens with zero attached hydrogens (tertiary/aromatic N) is 2. The van der Waals surface area contributed by atoms with E-state index in [0.717, 1.165) is 29.7 Å². The van der Waals surface area contributed by atoms with E-state index in [4.69, 9.17) is 14.3 Å². The number of para-hydroxylation sites is 2. The second-order valence-corrected chi connectivity index (χ2v) is 9.80. The van der Waals surface area contributed by atoms with Gasteiger partial charge in [0.2, 0.25) is 0 Å². The van der Waals surface area contributed by atoms with Crippen LogP contribution in [-0.2, 0) is 9.31 Å². The van der Waals surface area contributed by atoms with E-state index in [0.29, 0.717) is 5.92 Å². The minimum atomic E-state index is -0.345. The molecule has 152 valence electrons. The van der Waals surface area contributed by atoms with Gasteiger partial charge in [0.1, 0.15) is 5.82 Å². The number of benzene rings is 1. The molecule has 4 aliphatic rings. The summed E-state index contributed by atoms with van der Waals surface area (Å²) in [7, 11) is -0.345. The summed E-state index contributed by atoms with van der Waals surface area (Å²) in [6.45, 7) is 8.42. The fourth-order valence-electron chi connectivity index (χ4n) is 5.14. The molecule has 0 N–H and O–H groups in total. The van der Waals surface area contributed by atoms with Crippen molar-refractivity contribution in [2.75, 3.05) is 0 Å². The van der Waals surface area contributed by atoms with Gasteiger partial charge in [-0.05, 0) is 69.3 Å². The standard InChI is InChI=1S/C25H27BN2O2/c1-24(2)25(3,4)30-26(29-24)16-13-14-18-17-9-5-6-10-19(17)23-27-20-11-7-8-12-21(20)28(23)22(18)15-16/h5,7-9,11-15,18,22H,6,10H2,1-4H3. The highest BCUT2D eigenvalue weighted by Crippen LogP contribution is 2.48. The number of fused-ring (bicyclic) bond motifs is 7. The van der Waals surface area contributed by atoms with Crippen LogP contribution in [0.5, 0.6) is 0 Å². The number of imidazole rings is 1. The molecular formula is C25H27BN2O2. The molecule has 0 spiro atoms. The summed E-state index contributed by atoms with van der Waals surface area (Å²) in [5, 5.41) is 0. The van der Waals surface area contributed by atoms with Crippen LogP contribution in [0.2, 0.25) is 0 Å². The maximum Gasteiger partial charge on any atom is 0.494 e. The fourth-order valence-corrected chi connectivity index (χ4v) is 5.14. The van der Waals surface area contributed by atoms with Crippen molar-refractivity contribution in [1.29, 1.82) is 0 Å². The Labute approximate surface area is 178 Å². The van der Waals surface area contributed by atoms with E-state index in [1.807, 2.05) is 0 Å². The van der Waals surface area contributed by atoms with Gasteiger partial charge >= 0.3 is 7.12 Å². The molecule has 2 unspecified atom stereocenters. The highest BCUT2D eigenvalue weighted by molar-refractivity contribution is 6.55. The van der Waals surface area contributed by atoms with Gasteiger partial charge in [0.15, 0.2) is 0 Å². The molecule has 0 radical (unpaired) electrons. The average Bonchev–Trinajstić information content (AvgIpc) is 3.22. The van der Waals surface area contributed by atoms with Crippen LogP contribution in [0.4, 0.5) is 0 Å². The Morgan fingerprint density at radius 3 is 2.63 bits per heavy atom. The van der Waals surface area contributed by atoms with E-state index in [2.05, 4.69) is 86.9 Å². The lowest BCUT2D eigenvalue weighted by atomic mass is 9.70. The third-order valence-electron chi connectivity index (χ3n) is 7.48. The SMILES string of the molecule is CC1(C)OB(C2=CC3C(C=C2)C2=C(CCC=C2)c2nc4ccccc4n23)OC1(C)C. The monoisotopic (exact) mass is 398 g/mol. The Morgan fingerprint density at radius 2 is 1.83 bits per heavy atom. The smallest absolute Gasteiger partial charge is 0.399 e. The second-order valence-electron chi connectivity index (χ2n) is 9.80. The molecule has 2 aliphatic heterocycles. The molecule has 1 aromatic carbocycles. The van der Waals surface area contributed by atoms with Crippen molar-refractivity contribution in [2.45, 2.75) is 57.8 Å². The molecule has 2 aromatic rings. The van der Waals surface area contributed by atoms with Gasteiger partial charge in [0, 0.05) is 5.92 Å². The zero-order chi connectivity index (χ0) is 20.7. The molecule has 4 nitrogen and oxygen atoms in total. The van der Waals surface area contributed by atoms with E-state index >= 15 is 0 Å². The van der Waals surface area contributed by atoms with Crippen molar-refractivity contribution >= 4 is 23.7 Å². The summed E-state index contributed by atoms with van der Waals surface area (Å²) in [4.78, 5) is 5.05. The molecule has 30 heavy (non-hydrogen) atoms. The first kappa shape index (κ1) is 18.4. The van der Waals surface area contributed by atoms with E-state index in [1.54, 1.807) is 0 Å². The van der Waals surface area contributed by atoms with Gasteiger partial charge in [-0.2, -0.15) is 0 Å². The average molecular weight is 398 g/mol. The topological polar surface area (TPSA) is 36.3 Å². The highest BCUT2D eigenvalue weighted by atomic mass is 16.7. The van der Waals surface area contributed by atoms with E-state index < -0.39 is 0 Å². The quantitative estimate of drug-likeness (QED) is 0.601. The predicted octanol–water partition coefficient (Wildman–Crippen LogP) is 5.44. The van der Waals surface area contributed by atoms with Crippen LogP contribution in [0.1, 0.15) is 52.4 Å². The minimum Gasteiger partial charge on any atom is -0.399 e. The van der Waals surface area contributed by atoms with Crippen LogP contribution in [0.15, 0.2) is 65.7 Å². The number of allylic oxidation sites excluding steroid dienone is 8. The summed E-state index contributed by atoms with van der Waals surface area (Å²) in [6, 6.07) is 8.66. The molecule has 2 aliphatic carbocycles. The van der Waals surface area contributed by atoms with Crippen LogP contribution in [0.3, 0.4) is 0 Å². The summed E-state index contributed by atoms with van der Waals surface area (Å²) in [5.74, 6) is 1.43. The first-order chi connectivity index (χ1) is 14.4. The van der Waals surface area contributed by atoms with Gasteiger partial charge in [0.05, 0.1) is 28.3 Å². The van der Waals surface area contributed by atoms with Gasteiger partial charge in [-0.25, -0.2) is 4.98 Å². The second kappa shape index (κ2) is 6.08. The van der Waals surface area contributed by atoms with E-state index in [-0.39, 0.29) is 24.4 Å². The Hall–Kier alpha value is -2.37. The molecule has 1 aromatic heterocycles. The van der Waals surface area contributed by atoms with Crippen molar-refractivity contribution in [3.63, 3.8) is 0 Å². The van der Waals surface area contributed by atoms with E-state index in [1.165, 1.54) is 16.7 Å². The van der Waals surface area contributed by atoms with Gasteiger partial charge < -0.3 is 13.9 Å². The Bertz CT molecular complexity index is 1160. The largest absolute Gasteiger partial charge is 0.494 e. The normalized spacial score (nSPS) is 28.4. The zero-order valence-electron chi connectivity index (χ0n) is 18.1. The molecule has 0 amide bonds. The van der Waals surface area contributed by atoms with Crippen molar-refractivity contribution < 1.29 is 9.31 Å². The molecule has 0 saturated carbocycles. The first-order valence-corrected chi connectivity index (χ1v) is 11.0. The van der Waals surface area contributed by atoms with E-state index in [9.17, 15) is 0 Å². The first-order valence-electron chi connectivity index (χ1n) is 11.0. The van der Waals surface area contributed by atoms with Gasteiger partial charge in [-0.3, -0.25) is 0 Å². The third-order valence-corrected chi connectivity index (χ3v) is 7.48. The Balaban J connectivity index is 1.50. The number of hydrogen-bond acceptors (Lipinski definition) is 3. The molecule has 1 fully saturated rings. The third kappa shape index (κ3) is 2.45. The van der Waals surface area contributed by atoms with Crippen LogP contribution in [0.25, 0.3) is 16.6 Å². The molecule has 5 heteroatoms. The highest BCUT2D eigenvalue weighted by Gasteiger charge is 2.52. The van der Waals surface area contributed by atoms with Gasteiger partial charge in [-0.15, -0.1) is 0 Å². The molecule has 2 atom stereocenters. The van der Waals surface area contributed by atoms with Crippen molar-refractivity contribution in [1.82, 2.24) is 9.55 Å². The number of aromatic nitrogens is 2. The van der Waals surface area contributed by atoms with Crippen LogP contribution in [-0.4, -0.2) is 27.9 Å². The van der Waals surface area contributed by atoms with Crippen LogP contribution >= 0.6 is 0 Å². The molecular weight excluding hydrogens is 371 g/mol. The zero-order valence-corrected chi connectivity index (χ0v) is 18.1. The lowest BCUT2D eigenvalue weighted by molar-refractivity contribution is 0.00578. The Kier molecular flexibility index (Phi) is 3.73. The summed E-state index contributed by atoms with van der Waals surface area (Å²) in [6.07, 6.45) is 13.6. The summed E-state index contributed by atoms with van der Waals surface area (Å²) < 4.78 is 15.1. The minimum absolute atomic E-state index is 0.174. The van der Waals surface area contributed by atoms with Gasteiger partial charge in [-0.1, -0.05) is 42.5 Å². The number of hydrogen-bond donors (Lipinski definition) is 0. The fraction of sp³-hybridized carbons (Fsp3) is 0.400. The Morgan fingerprint density at radius 1 is 1.07 bits per heavy atom. The van der Waals surface area contributed by atoms with Crippen molar-refractivity contribution in [3.05, 3.63) is 71.5 Å². The predicted molar refractivity (Wildman–Crippen MR) is 121 cm³/mol. The molecule has 0 bridgehead atoms. The van der Waals surface area contributed by atoms with Crippen LogP contribution < -0.4 is 0 Å².